The number of allylic oxidation sites excluding steroid dienone is 1. The number of hydrogen-bond donors (Lipinski definition) is 4. The highest BCUT2D eigenvalue weighted by Crippen LogP contribution is 2.33. The molecule has 0 spiro atoms. The van der Waals surface area contributed by atoms with Crippen LogP contribution in [0.4, 0.5) is 5.82 Å². The number of benzene rings is 2. The van der Waals surface area contributed by atoms with Gasteiger partial charge in [-0.1, -0.05) is 12.1 Å². The van der Waals surface area contributed by atoms with Crippen molar-refractivity contribution in [3.63, 3.8) is 0 Å². The van der Waals surface area contributed by atoms with Crippen molar-refractivity contribution in [1.82, 2.24) is 15.3 Å². The van der Waals surface area contributed by atoms with Crippen molar-refractivity contribution in [2.45, 2.75) is 40.2 Å². The van der Waals surface area contributed by atoms with Gasteiger partial charge in [0.15, 0.2) is 12.4 Å². The molecule has 3 rings (SSSR count). The zero-order valence-corrected chi connectivity index (χ0v) is 20.7. The van der Waals surface area contributed by atoms with Gasteiger partial charge in [0.05, 0.1) is 17.8 Å². The van der Waals surface area contributed by atoms with Gasteiger partial charge in [-0.15, -0.1) is 0 Å². The van der Waals surface area contributed by atoms with Crippen molar-refractivity contribution in [1.29, 1.82) is 5.41 Å². The van der Waals surface area contributed by atoms with E-state index in [1.807, 2.05) is 58.9 Å². The van der Waals surface area contributed by atoms with Crippen molar-refractivity contribution in [3.8, 4) is 22.9 Å². The molecule has 0 aliphatic rings. The summed E-state index contributed by atoms with van der Waals surface area (Å²) in [6.45, 7) is 10.0. The van der Waals surface area contributed by atoms with Gasteiger partial charge in [0.1, 0.15) is 17.3 Å². The van der Waals surface area contributed by atoms with E-state index in [0.717, 1.165) is 22.9 Å². The SMILES string of the molecule is CCOc1ccc2nc(-c3cccc(OCC(=O)NC(C)(C)C)c3)nc(N/C(C=N)=C/N)c2c1C. The summed E-state index contributed by atoms with van der Waals surface area (Å²) in [5, 5.41) is 14.4. The summed E-state index contributed by atoms with van der Waals surface area (Å²) in [6.07, 6.45) is 2.42. The zero-order valence-electron chi connectivity index (χ0n) is 20.7. The molecule has 9 heteroatoms. The van der Waals surface area contributed by atoms with E-state index < -0.39 is 0 Å². The van der Waals surface area contributed by atoms with Crippen LogP contribution in [0.2, 0.25) is 0 Å². The number of fused-ring (bicyclic) bond motifs is 1. The van der Waals surface area contributed by atoms with Crippen molar-refractivity contribution in [2.24, 2.45) is 5.73 Å². The minimum Gasteiger partial charge on any atom is -0.494 e. The lowest BCUT2D eigenvalue weighted by atomic mass is 10.1. The Bertz CT molecular complexity index is 1260. The molecule has 0 fully saturated rings. The van der Waals surface area contributed by atoms with E-state index in [1.54, 1.807) is 12.1 Å². The maximum Gasteiger partial charge on any atom is 0.258 e. The normalized spacial score (nSPS) is 11.7. The Morgan fingerprint density at radius 2 is 1.94 bits per heavy atom. The Morgan fingerprint density at radius 3 is 2.60 bits per heavy atom. The van der Waals surface area contributed by atoms with Crippen molar-refractivity contribution < 1.29 is 14.3 Å². The lowest BCUT2D eigenvalue weighted by Gasteiger charge is -2.20. The van der Waals surface area contributed by atoms with E-state index in [-0.39, 0.29) is 18.1 Å². The molecule has 1 amide bonds. The number of hydrogen-bond acceptors (Lipinski definition) is 8. The van der Waals surface area contributed by atoms with Gasteiger partial charge in [-0.25, -0.2) is 9.97 Å². The topological polar surface area (TPSA) is 135 Å². The molecule has 2 aromatic carbocycles. The maximum absolute atomic E-state index is 12.1. The summed E-state index contributed by atoms with van der Waals surface area (Å²) in [4.78, 5) is 21.6. The third-order valence-corrected chi connectivity index (χ3v) is 4.95. The first kappa shape index (κ1) is 25.5. The molecule has 5 N–H and O–H groups in total. The first-order valence-electron chi connectivity index (χ1n) is 11.3. The van der Waals surface area contributed by atoms with Gasteiger partial charge in [-0.3, -0.25) is 4.79 Å². The summed E-state index contributed by atoms with van der Waals surface area (Å²) < 4.78 is 11.4. The van der Waals surface area contributed by atoms with Crippen LogP contribution in [0.25, 0.3) is 22.3 Å². The smallest absolute Gasteiger partial charge is 0.258 e. The van der Waals surface area contributed by atoms with Gasteiger partial charge in [-0.2, -0.15) is 0 Å². The number of rotatable bonds is 9. The van der Waals surface area contributed by atoms with Crippen LogP contribution in [0.3, 0.4) is 0 Å². The van der Waals surface area contributed by atoms with Crippen LogP contribution >= 0.6 is 0 Å². The highest BCUT2D eigenvalue weighted by Gasteiger charge is 2.17. The van der Waals surface area contributed by atoms with Gasteiger partial charge in [0.25, 0.3) is 5.91 Å². The summed E-state index contributed by atoms with van der Waals surface area (Å²) in [6, 6.07) is 11.0. The standard InChI is InChI=1S/C26H32N6O3/c1-6-34-21-11-10-20-23(16(21)2)25(29-18(13-27)14-28)31-24(30-20)17-8-7-9-19(12-17)35-15-22(33)32-26(3,4)5/h7-14,27H,6,15,28H2,1-5H3,(H,32,33)(H,29,30,31)/b18-14+,27-13?. The Morgan fingerprint density at radius 1 is 1.17 bits per heavy atom. The first-order chi connectivity index (χ1) is 16.6. The van der Waals surface area contributed by atoms with E-state index >= 15 is 0 Å². The zero-order chi connectivity index (χ0) is 25.6. The average Bonchev–Trinajstić information content (AvgIpc) is 2.82. The molecule has 35 heavy (non-hydrogen) atoms. The number of nitrogens with one attached hydrogen (secondary N) is 3. The predicted octanol–water partition coefficient (Wildman–Crippen LogP) is 4.16. The fourth-order valence-electron chi connectivity index (χ4n) is 3.49. The van der Waals surface area contributed by atoms with Crippen LogP contribution < -0.4 is 25.8 Å². The van der Waals surface area contributed by atoms with Crippen LogP contribution in [-0.4, -0.2) is 40.8 Å². The summed E-state index contributed by atoms with van der Waals surface area (Å²) in [5.41, 5.74) is 8.01. The van der Waals surface area contributed by atoms with Gasteiger partial charge in [0, 0.05) is 34.5 Å². The lowest BCUT2D eigenvalue weighted by Crippen LogP contribution is -2.43. The molecule has 3 aromatic rings. The Labute approximate surface area is 205 Å². The fourth-order valence-corrected chi connectivity index (χ4v) is 3.49. The van der Waals surface area contributed by atoms with E-state index in [2.05, 4.69) is 10.6 Å². The number of nitrogens with zero attached hydrogens (tertiary/aromatic N) is 2. The molecule has 0 bridgehead atoms. The van der Waals surface area contributed by atoms with Crippen LogP contribution in [0.15, 0.2) is 48.3 Å². The molecule has 184 valence electrons. The van der Waals surface area contributed by atoms with Crippen LogP contribution in [0.1, 0.15) is 33.3 Å². The largest absolute Gasteiger partial charge is 0.494 e. The molecular weight excluding hydrogens is 444 g/mol. The molecule has 0 aliphatic heterocycles. The number of carbonyl (C=O) groups excluding carboxylic acids is 1. The minimum atomic E-state index is -0.335. The molecule has 0 aliphatic carbocycles. The second-order valence-electron chi connectivity index (χ2n) is 8.92. The fraction of sp³-hybridized carbons (Fsp3) is 0.308. The summed E-state index contributed by atoms with van der Waals surface area (Å²) in [7, 11) is 0. The number of nitrogens with two attached hydrogens (primary N) is 1. The highest BCUT2D eigenvalue weighted by atomic mass is 16.5. The Balaban J connectivity index is 2.01. The third kappa shape index (κ3) is 6.47. The quantitative estimate of drug-likeness (QED) is 0.341. The molecule has 1 heterocycles. The molecule has 0 radical (unpaired) electrons. The molecule has 9 nitrogen and oxygen atoms in total. The van der Waals surface area contributed by atoms with Crippen LogP contribution in [0, 0.1) is 12.3 Å². The van der Waals surface area contributed by atoms with Gasteiger partial charge < -0.3 is 31.3 Å². The average molecular weight is 477 g/mol. The molecule has 0 saturated carbocycles. The number of anilines is 1. The Hall–Kier alpha value is -4.14. The predicted molar refractivity (Wildman–Crippen MR) is 139 cm³/mol. The molecular formula is C26H32N6O3. The summed E-state index contributed by atoms with van der Waals surface area (Å²) >= 11 is 0. The van der Waals surface area contributed by atoms with E-state index in [0.29, 0.717) is 40.8 Å². The molecule has 0 atom stereocenters. The van der Waals surface area contributed by atoms with Gasteiger partial charge in [-0.05, 0) is 58.9 Å². The van der Waals surface area contributed by atoms with E-state index in [9.17, 15) is 4.79 Å². The maximum atomic E-state index is 12.1. The first-order valence-corrected chi connectivity index (χ1v) is 11.3. The van der Waals surface area contributed by atoms with Crippen molar-refractivity contribution in [2.75, 3.05) is 18.5 Å². The van der Waals surface area contributed by atoms with Crippen LogP contribution in [0.5, 0.6) is 11.5 Å². The number of ether oxygens (including phenoxy) is 2. The number of carbonyl (C=O) groups is 1. The number of aromatic nitrogens is 2. The lowest BCUT2D eigenvalue weighted by molar-refractivity contribution is -0.124. The Kier molecular flexibility index (Phi) is 7.91. The number of aryl methyl sites for hydroxylation is 1. The van der Waals surface area contributed by atoms with E-state index in [1.165, 1.54) is 6.20 Å². The van der Waals surface area contributed by atoms with Crippen molar-refractivity contribution >= 4 is 28.8 Å². The minimum absolute atomic E-state index is 0.102. The van der Waals surface area contributed by atoms with Gasteiger partial charge in [0.2, 0.25) is 0 Å². The molecule has 1 aromatic heterocycles. The van der Waals surface area contributed by atoms with Gasteiger partial charge >= 0.3 is 0 Å². The van der Waals surface area contributed by atoms with Crippen molar-refractivity contribution in [3.05, 3.63) is 53.9 Å². The molecule has 0 saturated heterocycles. The number of amides is 1. The third-order valence-electron chi connectivity index (χ3n) is 4.95. The van der Waals surface area contributed by atoms with Crippen LogP contribution in [-0.2, 0) is 4.79 Å². The second-order valence-corrected chi connectivity index (χ2v) is 8.92. The second kappa shape index (κ2) is 10.9. The molecule has 0 unspecified atom stereocenters. The highest BCUT2D eigenvalue weighted by molar-refractivity contribution is 5.97. The summed E-state index contributed by atoms with van der Waals surface area (Å²) in [5.74, 6) is 2.01. The van der Waals surface area contributed by atoms with E-state index in [4.69, 9.17) is 30.6 Å². The monoisotopic (exact) mass is 476 g/mol.